The van der Waals surface area contributed by atoms with Crippen LogP contribution in [-0.2, 0) is 14.9 Å². The summed E-state index contributed by atoms with van der Waals surface area (Å²) in [7, 11) is -2.00. The zero-order valence-electron chi connectivity index (χ0n) is 17.7. The maximum absolute atomic E-state index is 12.6. The Hall–Kier alpha value is -2.44. The van der Waals surface area contributed by atoms with Crippen molar-refractivity contribution >= 4 is 50.0 Å². The van der Waals surface area contributed by atoms with Crippen LogP contribution < -0.4 is 21.5 Å². The third-order valence-corrected chi connectivity index (χ3v) is 8.24. The smallest absolute Gasteiger partial charge is 0.269 e. The molecule has 12 heteroatoms. The predicted molar refractivity (Wildman–Crippen MR) is 125 cm³/mol. The average Bonchev–Trinajstić information content (AvgIpc) is 3.19. The van der Waals surface area contributed by atoms with Crippen molar-refractivity contribution in [3.8, 4) is 5.75 Å². The van der Waals surface area contributed by atoms with Gasteiger partial charge in [0.2, 0.25) is 0 Å². The summed E-state index contributed by atoms with van der Waals surface area (Å²) in [5.74, 6) is -0.707. The topological polar surface area (TPSA) is 125 Å². The number of sulfonamides is 1. The molecule has 1 atom stereocenters. The van der Waals surface area contributed by atoms with Gasteiger partial charge in [-0.2, -0.15) is 0 Å². The minimum absolute atomic E-state index is 0.0669. The molecule has 0 radical (unpaired) electrons. The summed E-state index contributed by atoms with van der Waals surface area (Å²) >= 11 is 7.59. The summed E-state index contributed by atoms with van der Waals surface area (Å²) in [6.45, 7) is 3.92. The van der Waals surface area contributed by atoms with E-state index in [2.05, 4.69) is 10.6 Å². The molecule has 0 unspecified atom stereocenters. The molecule has 9 nitrogen and oxygen atoms in total. The number of thiophene rings is 1. The van der Waals surface area contributed by atoms with Crippen LogP contribution in [0.15, 0.2) is 38.8 Å². The van der Waals surface area contributed by atoms with E-state index in [1.54, 1.807) is 11.3 Å². The third kappa shape index (κ3) is 4.26. The number of hydrogen-bond acceptors (Lipinski definition) is 9. The van der Waals surface area contributed by atoms with Crippen molar-refractivity contribution < 1.29 is 18.4 Å². The van der Waals surface area contributed by atoms with Crippen molar-refractivity contribution in [2.75, 3.05) is 24.8 Å². The number of rotatable bonds is 9. The van der Waals surface area contributed by atoms with Crippen LogP contribution in [0.2, 0.25) is 5.02 Å². The van der Waals surface area contributed by atoms with Gasteiger partial charge in [0.1, 0.15) is 16.3 Å². The molecule has 2 aromatic carbocycles. The molecule has 0 bridgehead atoms. The number of benzene rings is 1. The van der Waals surface area contributed by atoms with E-state index in [1.165, 1.54) is 12.1 Å². The van der Waals surface area contributed by atoms with Crippen molar-refractivity contribution in [3.63, 3.8) is 0 Å². The highest BCUT2D eigenvalue weighted by molar-refractivity contribution is 7.89. The molecule has 0 amide bonds. The largest absolute Gasteiger partial charge is 0.504 e. The van der Waals surface area contributed by atoms with Gasteiger partial charge in [-0.1, -0.05) is 23.0 Å². The average molecular weight is 500 g/mol. The maximum atomic E-state index is 12.6. The second kappa shape index (κ2) is 9.20. The fourth-order valence-corrected chi connectivity index (χ4v) is 5.67. The zero-order chi connectivity index (χ0) is 23.8. The van der Waals surface area contributed by atoms with Crippen molar-refractivity contribution in [2.45, 2.75) is 31.2 Å². The fraction of sp³-hybridized carbons (Fsp3) is 0.300. The molecule has 32 heavy (non-hydrogen) atoms. The molecule has 0 fully saturated rings. The molecular formula is C20H22ClN3O6S2. The van der Waals surface area contributed by atoms with Crippen molar-refractivity contribution in [2.24, 2.45) is 0 Å². The number of phenolic OH excluding ortho intramolecular Hbond substituents is 1. The quantitative estimate of drug-likeness (QED) is 0.232. The minimum Gasteiger partial charge on any atom is -0.504 e. The molecule has 0 aliphatic carbocycles. The molecule has 0 aliphatic rings. The van der Waals surface area contributed by atoms with Gasteiger partial charge in [0, 0.05) is 16.8 Å². The Balaban J connectivity index is 1.98. The minimum atomic E-state index is -4.28. The summed E-state index contributed by atoms with van der Waals surface area (Å²) in [5, 5.41) is 16.1. The van der Waals surface area contributed by atoms with Gasteiger partial charge in [-0.05, 0) is 37.6 Å². The summed E-state index contributed by atoms with van der Waals surface area (Å²) in [6, 6.07) is 6.29. The van der Waals surface area contributed by atoms with E-state index in [4.69, 9.17) is 16.4 Å². The number of phenols is 1. The van der Waals surface area contributed by atoms with Gasteiger partial charge in [-0.25, -0.2) is 8.42 Å². The molecule has 3 aromatic rings. The lowest BCUT2D eigenvalue weighted by Gasteiger charge is -2.22. The lowest BCUT2D eigenvalue weighted by molar-refractivity contribution is -0.0259. The van der Waals surface area contributed by atoms with Crippen molar-refractivity contribution in [3.05, 3.63) is 59.5 Å². The third-order valence-electron chi connectivity index (χ3n) is 4.94. The molecule has 0 spiro atoms. The van der Waals surface area contributed by atoms with E-state index in [1.807, 2.05) is 26.0 Å². The van der Waals surface area contributed by atoms with Gasteiger partial charge < -0.3 is 15.7 Å². The number of aromatic hydroxyl groups is 1. The first-order valence-corrected chi connectivity index (χ1v) is 12.1. The van der Waals surface area contributed by atoms with E-state index in [0.717, 1.165) is 23.9 Å². The number of anilines is 3. The maximum Gasteiger partial charge on any atom is 0.269 e. The summed E-state index contributed by atoms with van der Waals surface area (Å²) in [6.07, 6.45) is 0.663. The predicted octanol–water partition coefficient (Wildman–Crippen LogP) is 3.50. The van der Waals surface area contributed by atoms with Gasteiger partial charge in [-0.3, -0.25) is 14.4 Å². The van der Waals surface area contributed by atoms with E-state index in [9.17, 15) is 23.1 Å². The molecule has 1 heterocycles. The van der Waals surface area contributed by atoms with Crippen LogP contribution in [0, 0.1) is 6.92 Å². The van der Waals surface area contributed by atoms with Crippen LogP contribution in [-0.4, -0.2) is 32.2 Å². The number of hydroxylamine groups is 1. The Bertz CT molecular complexity index is 1330. The van der Waals surface area contributed by atoms with Crippen molar-refractivity contribution in [1.29, 1.82) is 0 Å². The first kappa shape index (κ1) is 24.2. The molecule has 3 N–H and O–H groups in total. The van der Waals surface area contributed by atoms with Crippen LogP contribution in [0.5, 0.6) is 5.75 Å². The number of halogens is 1. The highest BCUT2D eigenvalue weighted by Gasteiger charge is 2.31. The van der Waals surface area contributed by atoms with E-state index in [-0.39, 0.29) is 28.1 Å². The fourth-order valence-electron chi connectivity index (χ4n) is 3.09. The normalized spacial score (nSPS) is 12.9. The van der Waals surface area contributed by atoms with Crippen LogP contribution in [0.25, 0.3) is 0 Å². The molecule has 172 valence electrons. The van der Waals surface area contributed by atoms with Gasteiger partial charge >= 0.3 is 0 Å². The molecule has 1 aromatic heterocycles. The van der Waals surface area contributed by atoms with Crippen molar-refractivity contribution in [1.82, 2.24) is 4.47 Å². The first-order valence-electron chi connectivity index (χ1n) is 9.50. The van der Waals surface area contributed by atoms with Crippen LogP contribution in [0.1, 0.15) is 29.1 Å². The van der Waals surface area contributed by atoms with Crippen LogP contribution >= 0.6 is 22.9 Å². The lowest BCUT2D eigenvalue weighted by atomic mass is 10.1. The highest BCUT2D eigenvalue weighted by atomic mass is 35.5. The summed E-state index contributed by atoms with van der Waals surface area (Å²) < 4.78 is 25.8. The Kier molecular flexibility index (Phi) is 6.96. The SMILES string of the molecule is CC[C@H](Nc1c(Nc2ccc(Cl)c(S(=O)(=O)N(C)OC)c2O)c(=O)c1=O)c1ccc(C)s1. The van der Waals surface area contributed by atoms with Gasteiger partial charge in [-0.15, -0.1) is 11.3 Å². The van der Waals surface area contributed by atoms with Crippen LogP contribution in [0.4, 0.5) is 17.1 Å². The Morgan fingerprint density at radius 2 is 1.84 bits per heavy atom. The molecule has 0 aliphatic heterocycles. The second-order valence-electron chi connectivity index (χ2n) is 6.96. The zero-order valence-corrected chi connectivity index (χ0v) is 20.1. The molecule has 0 saturated heterocycles. The monoisotopic (exact) mass is 499 g/mol. The van der Waals surface area contributed by atoms with E-state index >= 15 is 0 Å². The van der Waals surface area contributed by atoms with Gasteiger partial charge in [0.05, 0.1) is 23.9 Å². The number of nitrogens with one attached hydrogen (secondary N) is 2. The van der Waals surface area contributed by atoms with E-state index < -0.39 is 31.5 Å². The Morgan fingerprint density at radius 3 is 2.41 bits per heavy atom. The summed E-state index contributed by atoms with van der Waals surface area (Å²) in [4.78, 5) is 30.7. The standard InChI is InChI=1S/C20H22ClN3O6S2/c1-5-12(14-9-6-10(2)31-14)22-15-16(19(27)18(15)26)23-13-8-7-11(21)20(17(13)25)32(28,29)24(3)30-4/h6-9,12,22-23,25H,5H2,1-4H3/t12-/m0/s1. The highest BCUT2D eigenvalue weighted by Crippen LogP contribution is 2.40. The number of nitrogens with zero attached hydrogens (tertiary/aromatic N) is 1. The molecular weight excluding hydrogens is 478 g/mol. The Labute approximate surface area is 193 Å². The number of aryl methyl sites for hydroxylation is 1. The molecule has 3 rings (SSSR count). The lowest BCUT2D eigenvalue weighted by Crippen LogP contribution is -2.37. The van der Waals surface area contributed by atoms with Crippen LogP contribution in [0.3, 0.4) is 0 Å². The first-order chi connectivity index (χ1) is 15.0. The molecule has 0 saturated carbocycles. The number of hydrogen-bond donors (Lipinski definition) is 3. The Morgan fingerprint density at radius 1 is 1.19 bits per heavy atom. The van der Waals surface area contributed by atoms with E-state index in [0.29, 0.717) is 10.9 Å². The van der Waals surface area contributed by atoms with Gasteiger partial charge in [0.25, 0.3) is 20.9 Å². The summed E-state index contributed by atoms with van der Waals surface area (Å²) in [5.41, 5.74) is -1.58. The second-order valence-corrected chi connectivity index (χ2v) is 10.6. The van der Waals surface area contributed by atoms with Gasteiger partial charge in [0.15, 0.2) is 5.75 Å².